The zero-order chi connectivity index (χ0) is 31.4. The first kappa shape index (κ1) is 32.8. The Morgan fingerprint density at radius 2 is 1.81 bits per heavy atom. The van der Waals surface area contributed by atoms with E-state index in [1.165, 1.54) is 10.7 Å². The molecule has 42 heavy (non-hydrogen) atoms. The maximum Gasteiger partial charge on any atom is 0.415 e. The molecule has 0 saturated heterocycles. The molecule has 0 saturated carbocycles. The summed E-state index contributed by atoms with van der Waals surface area (Å²) in [5.41, 5.74) is 0.518. The number of nitrogens with one attached hydrogen (secondary N) is 1. The number of amides is 1. The van der Waals surface area contributed by atoms with E-state index in [0.29, 0.717) is 48.3 Å². The van der Waals surface area contributed by atoms with Gasteiger partial charge in [0.1, 0.15) is 18.0 Å². The van der Waals surface area contributed by atoms with Crippen molar-refractivity contribution in [1.29, 1.82) is 0 Å². The first-order valence-corrected chi connectivity index (χ1v) is 14.5. The monoisotopic (exact) mass is 583 g/mol. The fourth-order valence-corrected chi connectivity index (χ4v) is 4.26. The van der Waals surface area contributed by atoms with Gasteiger partial charge >= 0.3 is 6.09 Å². The van der Waals surface area contributed by atoms with Gasteiger partial charge in [-0.1, -0.05) is 48.5 Å². The summed E-state index contributed by atoms with van der Waals surface area (Å²) in [6.45, 7) is 22.0. The highest BCUT2D eigenvalue weighted by atomic mass is 19.1. The highest BCUT2D eigenvalue weighted by molar-refractivity contribution is 5.92. The molecule has 0 radical (unpaired) electrons. The Kier molecular flexibility index (Phi) is 10.2. The van der Waals surface area contributed by atoms with Gasteiger partial charge in [0.05, 0.1) is 23.8 Å². The third-order valence-electron chi connectivity index (χ3n) is 6.34. The van der Waals surface area contributed by atoms with Gasteiger partial charge in [0.25, 0.3) is 5.56 Å². The number of carbonyl (C=O) groups is 1. The Morgan fingerprint density at radius 1 is 1.12 bits per heavy atom. The van der Waals surface area contributed by atoms with Gasteiger partial charge in [0, 0.05) is 24.7 Å². The number of fused-ring (bicyclic) bond motifs is 2. The van der Waals surface area contributed by atoms with Crippen LogP contribution in [-0.4, -0.2) is 46.2 Å². The Labute approximate surface area is 248 Å². The van der Waals surface area contributed by atoms with E-state index < -0.39 is 11.4 Å². The summed E-state index contributed by atoms with van der Waals surface area (Å²) in [6, 6.07) is 5.09. The molecule has 0 bridgehead atoms. The number of halogens is 1. The second-order valence-corrected chi connectivity index (χ2v) is 13.5. The number of hydrogen-bond donors (Lipinski definition) is 1. The molecule has 4 rings (SSSR count). The van der Waals surface area contributed by atoms with Gasteiger partial charge in [0.15, 0.2) is 11.6 Å². The lowest BCUT2D eigenvalue weighted by molar-refractivity contribution is 0.0568. The van der Waals surface area contributed by atoms with Gasteiger partial charge in [0.2, 0.25) is 0 Å². The first-order chi connectivity index (χ1) is 19.5. The lowest BCUT2D eigenvalue weighted by Gasteiger charge is -2.32. The quantitative estimate of drug-likeness (QED) is 0.354. The summed E-state index contributed by atoms with van der Waals surface area (Å²) < 4.78 is 26.8. The molecule has 3 heterocycles. The maximum absolute atomic E-state index is 14.3. The molecule has 0 unspecified atom stereocenters. The van der Waals surface area contributed by atoms with E-state index >= 15 is 0 Å². The summed E-state index contributed by atoms with van der Waals surface area (Å²) >= 11 is 0. The summed E-state index contributed by atoms with van der Waals surface area (Å²) in [7, 11) is 0. The van der Waals surface area contributed by atoms with Gasteiger partial charge in [-0.25, -0.2) is 18.9 Å². The fourth-order valence-electron chi connectivity index (χ4n) is 4.26. The Bertz CT molecular complexity index is 1450. The van der Waals surface area contributed by atoms with Crippen LogP contribution in [0.25, 0.3) is 10.8 Å². The lowest BCUT2D eigenvalue weighted by atomic mass is 9.86. The number of pyridine rings is 1. The van der Waals surface area contributed by atoms with Gasteiger partial charge < -0.3 is 14.8 Å². The minimum Gasteiger partial charge on any atom is -0.486 e. The molecule has 0 spiro atoms. The molecule has 1 aliphatic rings. The van der Waals surface area contributed by atoms with Crippen LogP contribution in [-0.2, 0) is 16.7 Å². The summed E-state index contributed by atoms with van der Waals surface area (Å²) in [5, 5.41) is 8.12. The summed E-state index contributed by atoms with van der Waals surface area (Å²) in [6.07, 6.45) is 2.89. The van der Waals surface area contributed by atoms with Gasteiger partial charge in [-0.05, 0) is 61.8 Å². The molecule has 2 aromatic heterocycles. The van der Waals surface area contributed by atoms with Crippen LogP contribution >= 0.6 is 0 Å². The molecule has 1 aliphatic heterocycles. The van der Waals surface area contributed by atoms with Gasteiger partial charge in [-0.15, -0.1) is 0 Å². The zero-order valence-corrected chi connectivity index (χ0v) is 26.7. The molecule has 3 aromatic rings. The molecular weight excluding hydrogens is 537 g/mol. The van der Waals surface area contributed by atoms with Crippen molar-refractivity contribution < 1.29 is 18.7 Å². The molecule has 230 valence electrons. The predicted molar refractivity (Wildman–Crippen MR) is 166 cm³/mol. The van der Waals surface area contributed by atoms with Crippen molar-refractivity contribution in [3.8, 4) is 5.75 Å². The van der Waals surface area contributed by atoms with Crippen molar-refractivity contribution in [3.63, 3.8) is 0 Å². The van der Waals surface area contributed by atoms with Crippen LogP contribution in [0.15, 0.2) is 35.4 Å². The molecule has 0 fully saturated rings. The molecule has 1 N–H and O–H groups in total. The second-order valence-electron chi connectivity index (χ2n) is 13.5. The molecule has 9 nitrogen and oxygen atoms in total. The number of hydrogen-bond acceptors (Lipinski definition) is 7. The van der Waals surface area contributed by atoms with Crippen LogP contribution in [0.2, 0.25) is 0 Å². The number of aromatic nitrogens is 3. The molecule has 1 aromatic carbocycles. The van der Waals surface area contributed by atoms with E-state index in [0.717, 1.165) is 12.1 Å². The van der Waals surface area contributed by atoms with Crippen molar-refractivity contribution >= 4 is 28.4 Å². The zero-order valence-electron chi connectivity index (χ0n) is 26.7. The summed E-state index contributed by atoms with van der Waals surface area (Å²) in [4.78, 5) is 30.6. The van der Waals surface area contributed by atoms with Crippen LogP contribution < -0.4 is 20.5 Å². The van der Waals surface area contributed by atoms with E-state index in [2.05, 4.69) is 29.2 Å². The number of carbonyl (C=O) groups excluding carboxylic acids is 1. The van der Waals surface area contributed by atoms with Crippen LogP contribution in [0.3, 0.4) is 0 Å². The van der Waals surface area contributed by atoms with E-state index in [9.17, 15) is 14.0 Å². The normalized spacial score (nSPS) is 13.4. The SMILES string of the molecule is CC(C)CNc1nccc2c1OCCN2C(=O)OC(C)(C)C.CC(C)Cn1ncc2cc(C(C)(C)C)cc(F)c2c1=O. The van der Waals surface area contributed by atoms with Crippen molar-refractivity contribution in [1.82, 2.24) is 14.8 Å². The number of ether oxygens (including phenoxy) is 2. The number of rotatable bonds is 5. The third-order valence-corrected chi connectivity index (χ3v) is 6.34. The third kappa shape index (κ3) is 8.42. The first-order valence-electron chi connectivity index (χ1n) is 14.5. The number of nitrogens with zero attached hydrogens (tertiary/aromatic N) is 4. The second kappa shape index (κ2) is 13.1. The van der Waals surface area contributed by atoms with Gasteiger partial charge in [-0.2, -0.15) is 5.10 Å². The van der Waals surface area contributed by atoms with Crippen LogP contribution in [0.4, 0.5) is 20.7 Å². The standard InChI is InChI=1S/C16H21FN2O.C16H25N3O3/c1-10(2)9-19-15(20)14-11(8-18-19)6-12(7-13(14)17)16(3,4)5;1-11(2)10-18-14-13-12(6-7-17-14)19(8-9-21-13)15(20)22-16(3,4)5/h6-8,10H,9H2,1-5H3;6-7,11H,8-10H2,1-5H3,(H,17,18). The van der Waals surface area contributed by atoms with Crippen LogP contribution in [0.5, 0.6) is 5.75 Å². The average Bonchev–Trinajstić information content (AvgIpc) is 2.87. The molecule has 0 atom stereocenters. The molecule has 10 heteroatoms. The molecule has 1 amide bonds. The van der Waals surface area contributed by atoms with E-state index in [-0.39, 0.29) is 28.4 Å². The van der Waals surface area contributed by atoms with E-state index in [1.807, 2.05) is 61.5 Å². The average molecular weight is 584 g/mol. The molecule has 0 aliphatic carbocycles. The van der Waals surface area contributed by atoms with E-state index in [1.54, 1.807) is 23.4 Å². The number of anilines is 2. The van der Waals surface area contributed by atoms with Crippen LogP contribution in [0, 0.1) is 17.7 Å². The smallest absolute Gasteiger partial charge is 0.415 e. The van der Waals surface area contributed by atoms with Crippen molar-refractivity contribution in [2.24, 2.45) is 11.8 Å². The Balaban J connectivity index is 0.000000231. The van der Waals surface area contributed by atoms with E-state index in [4.69, 9.17) is 9.47 Å². The predicted octanol–water partition coefficient (Wildman–Crippen LogP) is 6.77. The molecular formula is C32H46FN5O4. The highest BCUT2D eigenvalue weighted by Gasteiger charge is 2.30. The van der Waals surface area contributed by atoms with Crippen molar-refractivity contribution in [2.75, 3.05) is 29.9 Å². The van der Waals surface area contributed by atoms with Crippen LogP contribution in [0.1, 0.15) is 74.8 Å². The largest absolute Gasteiger partial charge is 0.486 e. The minimum absolute atomic E-state index is 0.133. The lowest BCUT2D eigenvalue weighted by Crippen LogP contribution is -2.41. The number of benzene rings is 1. The highest BCUT2D eigenvalue weighted by Crippen LogP contribution is 2.37. The summed E-state index contributed by atoms with van der Waals surface area (Å²) in [5.74, 6) is 1.59. The fraction of sp³-hybridized carbons (Fsp3) is 0.562. The van der Waals surface area contributed by atoms with Gasteiger partial charge in [-0.3, -0.25) is 9.69 Å². The maximum atomic E-state index is 14.3. The Morgan fingerprint density at radius 3 is 2.40 bits per heavy atom. The Hall–Kier alpha value is -3.69. The van der Waals surface area contributed by atoms with Crippen molar-refractivity contribution in [3.05, 3.63) is 52.3 Å². The van der Waals surface area contributed by atoms with Crippen molar-refractivity contribution in [2.45, 2.75) is 86.8 Å². The minimum atomic E-state index is -0.526. The topological polar surface area (TPSA) is 98.6 Å².